The zero-order chi connectivity index (χ0) is 13.6. The number of fused-ring (bicyclic) bond motifs is 1. The van der Waals surface area contributed by atoms with Gasteiger partial charge in [0, 0.05) is 24.4 Å². The Hall–Kier alpha value is -1.79. The smallest absolute Gasteiger partial charge is 0.210 e. The van der Waals surface area contributed by atoms with Crippen molar-refractivity contribution >= 4 is 47.1 Å². The van der Waals surface area contributed by atoms with Gasteiger partial charge in [0.1, 0.15) is 5.82 Å². The third kappa shape index (κ3) is 2.02. The van der Waals surface area contributed by atoms with E-state index in [2.05, 4.69) is 4.99 Å². The Labute approximate surface area is 118 Å². The zero-order valence-corrected chi connectivity index (χ0v) is 11.6. The first kappa shape index (κ1) is 12.3. The SMILES string of the molecule is Cn1c(O)c(C=C2C=Nc3ccc(F)cc32)sc1=S. The van der Waals surface area contributed by atoms with Crippen molar-refractivity contribution in [2.45, 2.75) is 0 Å². The second-order valence-corrected chi connectivity index (χ2v) is 5.81. The molecule has 96 valence electrons. The molecule has 3 nitrogen and oxygen atoms in total. The Morgan fingerprint density at radius 2 is 2.26 bits per heavy atom. The van der Waals surface area contributed by atoms with Crippen LogP contribution in [0.15, 0.2) is 23.2 Å². The van der Waals surface area contributed by atoms with E-state index < -0.39 is 0 Å². The monoisotopic (exact) mass is 292 g/mol. The predicted octanol–water partition coefficient (Wildman–Crippen LogP) is 3.92. The topological polar surface area (TPSA) is 37.5 Å². The molecule has 1 aliphatic heterocycles. The lowest BCUT2D eigenvalue weighted by atomic mass is 10.1. The summed E-state index contributed by atoms with van der Waals surface area (Å²) in [5, 5.41) is 9.92. The van der Waals surface area contributed by atoms with Gasteiger partial charge in [0.05, 0.1) is 10.6 Å². The van der Waals surface area contributed by atoms with Crippen molar-refractivity contribution in [2.75, 3.05) is 0 Å². The van der Waals surface area contributed by atoms with Crippen molar-refractivity contribution in [2.24, 2.45) is 12.0 Å². The molecule has 0 saturated heterocycles. The fraction of sp³-hybridized carbons (Fsp3) is 0.0769. The number of benzene rings is 1. The second kappa shape index (κ2) is 4.40. The summed E-state index contributed by atoms with van der Waals surface area (Å²) in [7, 11) is 1.70. The summed E-state index contributed by atoms with van der Waals surface area (Å²) in [6, 6.07) is 4.45. The van der Waals surface area contributed by atoms with Crippen LogP contribution in [0.4, 0.5) is 10.1 Å². The normalized spacial score (nSPS) is 15.2. The lowest BCUT2D eigenvalue weighted by molar-refractivity contribution is 0.430. The number of rotatable bonds is 1. The number of halogens is 1. The van der Waals surface area contributed by atoms with E-state index in [1.807, 2.05) is 0 Å². The largest absolute Gasteiger partial charge is 0.493 e. The molecule has 0 saturated carbocycles. The lowest BCUT2D eigenvalue weighted by Gasteiger charge is -1.99. The molecular weight excluding hydrogens is 283 g/mol. The average Bonchev–Trinajstić information content (AvgIpc) is 2.88. The lowest BCUT2D eigenvalue weighted by Crippen LogP contribution is -1.85. The van der Waals surface area contributed by atoms with Gasteiger partial charge in [0.25, 0.3) is 0 Å². The van der Waals surface area contributed by atoms with Crippen LogP contribution in [-0.2, 0) is 7.05 Å². The molecule has 1 aromatic heterocycles. The van der Waals surface area contributed by atoms with Gasteiger partial charge in [-0.15, -0.1) is 11.3 Å². The number of nitrogens with zero attached hydrogens (tertiary/aromatic N) is 2. The minimum absolute atomic E-state index is 0.112. The first-order chi connectivity index (χ1) is 9.06. The van der Waals surface area contributed by atoms with Gasteiger partial charge >= 0.3 is 0 Å². The molecule has 2 aromatic rings. The maximum Gasteiger partial charge on any atom is 0.210 e. The highest BCUT2D eigenvalue weighted by atomic mass is 32.1. The minimum Gasteiger partial charge on any atom is -0.493 e. The molecular formula is C13H9FN2OS2. The number of allylic oxidation sites excluding steroid dienone is 1. The van der Waals surface area contributed by atoms with Crippen molar-refractivity contribution in [3.05, 3.63) is 38.4 Å². The van der Waals surface area contributed by atoms with Crippen molar-refractivity contribution in [3.63, 3.8) is 0 Å². The molecule has 0 spiro atoms. The number of aromatic hydroxyl groups is 1. The van der Waals surface area contributed by atoms with Crippen LogP contribution in [0, 0.1) is 9.77 Å². The molecule has 0 radical (unpaired) electrons. The highest BCUT2D eigenvalue weighted by Gasteiger charge is 2.15. The van der Waals surface area contributed by atoms with Crippen LogP contribution in [0.3, 0.4) is 0 Å². The molecule has 3 rings (SSSR count). The van der Waals surface area contributed by atoms with Gasteiger partial charge < -0.3 is 5.11 Å². The maximum absolute atomic E-state index is 13.3. The van der Waals surface area contributed by atoms with Crippen LogP contribution in [0.1, 0.15) is 10.4 Å². The van der Waals surface area contributed by atoms with Crippen molar-refractivity contribution < 1.29 is 9.50 Å². The highest BCUT2D eigenvalue weighted by Crippen LogP contribution is 2.35. The first-order valence-electron chi connectivity index (χ1n) is 5.51. The number of hydrogen-bond donors (Lipinski definition) is 1. The predicted molar refractivity (Wildman–Crippen MR) is 78.2 cm³/mol. The highest BCUT2D eigenvalue weighted by molar-refractivity contribution is 7.73. The van der Waals surface area contributed by atoms with Gasteiger partial charge in [-0.1, -0.05) is 0 Å². The van der Waals surface area contributed by atoms with E-state index in [1.54, 1.807) is 25.4 Å². The van der Waals surface area contributed by atoms with E-state index in [9.17, 15) is 9.50 Å². The number of hydrogen-bond acceptors (Lipinski definition) is 4. The average molecular weight is 292 g/mol. The summed E-state index contributed by atoms with van der Waals surface area (Å²) in [5.41, 5.74) is 2.22. The van der Waals surface area contributed by atoms with Gasteiger partial charge in [0.15, 0.2) is 3.95 Å². The van der Waals surface area contributed by atoms with E-state index in [4.69, 9.17) is 12.2 Å². The summed E-state index contributed by atoms with van der Waals surface area (Å²) < 4.78 is 15.4. The molecule has 0 unspecified atom stereocenters. The summed E-state index contributed by atoms with van der Waals surface area (Å²) in [6.45, 7) is 0. The van der Waals surface area contributed by atoms with E-state index in [-0.39, 0.29) is 11.7 Å². The van der Waals surface area contributed by atoms with Gasteiger partial charge in [-0.05, 0) is 36.5 Å². The van der Waals surface area contributed by atoms with Crippen LogP contribution >= 0.6 is 23.6 Å². The van der Waals surface area contributed by atoms with Crippen molar-refractivity contribution in [1.82, 2.24) is 4.57 Å². The van der Waals surface area contributed by atoms with Crippen LogP contribution < -0.4 is 0 Å². The molecule has 1 aliphatic rings. The number of thiazole rings is 1. The van der Waals surface area contributed by atoms with Crippen LogP contribution in [0.2, 0.25) is 0 Å². The van der Waals surface area contributed by atoms with Gasteiger partial charge in [-0.3, -0.25) is 9.56 Å². The summed E-state index contributed by atoms with van der Waals surface area (Å²) in [6.07, 6.45) is 3.43. The third-order valence-electron chi connectivity index (χ3n) is 2.91. The van der Waals surface area contributed by atoms with Gasteiger partial charge in [0.2, 0.25) is 5.88 Å². The number of aliphatic imine (C=N–C) groups is 1. The van der Waals surface area contributed by atoms with Gasteiger partial charge in [-0.25, -0.2) is 4.39 Å². The van der Waals surface area contributed by atoms with Gasteiger partial charge in [-0.2, -0.15) is 0 Å². The van der Waals surface area contributed by atoms with Crippen LogP contribution in [0.5, 0.6) is 5.88 Å². The van der Waals surface area contributed by atoms with E-state index in [0.717, 1.165) is 16.8 Å². The Morgan fingerprint density at radius 1 is 1.47 bits per heavy atom. The van der Waals surface area contributed by atoms with Crippen LogP contribution in [-0.4, -0.2) is 15.9 Å². The minimum atomic E-state index is -0.305. The molecule has 0 atom stereocenters. The number of aromatic nitrogens is 1. The molecule has 0 bridgehead atoms. The fourth-order valence-electron chi connectivity index (χ4n) is 1.87. The molecule has 0 aliphatic carbocycles. The molecule has 1 N–H and O–H groups in total. The Bertz CT molecular complexity index is 786. The Kier molecular flexibility index (Phi) is 2.83. The Balaban J connectivity index is 2.13. The summed E-state index contributed by atoms with van der Waals surface area (Å²) in [5.74, 6) is -0.194. The fourth-order valence-corrected chi connectivity index (χ4v) is 3.05. The van der Waals surface area contributed by atoms with Crippen molar-refractivity contribution in [1.29, 1.82) is 0 Å². The second-order valence-electron chi connectivity index (χ2n) is 4.13. The van der Waals surface area contributed by atoms with E-state index in [0.29, 0.717) is 8.83 Å². The van der Waals surface area contributed by atoms with Crippen molar-refractivity contribution in [3.8, 4) is 5.88 Å². The first-order valence-corrected chi connectivity index (χ1v) is 6.73. The third-order valence-corrected chi connectivity index (χ3v) is 4.40. The zero-order valence-electron chi connectivity index (χ0n) is 9.92. The quantitative estimate of drug-likeness (QED) is 0.809. The summed E-state index contributed by atoms with van der Waals surface area (Å²) in [4.78, 5) is 4.85. The summed E-state index contributed by atoms with van der Waals surface area (Å²) >= 11 is 6.40. The van der Waals surface area contributed by atoms with E-state index in [1.165, 1.54) is 28.0 Å². The molecule has 0 amide bonds. The standard InChI is InChI=1S/C13H9FN2OS2/c1-16-12(17)11(19-13(16)18)4-7-6-15-10-3-2-8(14)5-9(7)10/h2-6,17H,1H3. The molecule has 2 heterocycles. The maximum atomic E-state index is 13.3. The molecule has 6 heteroatoms. The van der Waals surface area contributed by atoms with Crippen LogP contribution in [0.25, 0.3) is 11.6 Å². The molecule has 19 heavy (non-hydrogen) atoms. The molecule has 1 aromatic carbocycles. The Morgan fingerprint density at radius 3 is 2.95 bits per heavy atom. The van der Waals surface area contributed by atoms with E-state index >= 15 is 0 Å². The molecule has 0 fully saturated rings.